The maximum Gasteiger partial charge on any atom is 0.222 e. The Labute approximate surface area is 174 Å². The van der Waals surface area contributed by atoms with E-state index in [1.54, 1.807) is 0 Å². The summed E-state index contributed by atoms with van der Waals surface area (Å²) in [5, 5.41) is 10.8. The van der Waals surface area contributed by atoms with E-state index in [1.165, 1.54) is 12.0 Å². The molecule has 148 valence electrons. The van der Waals surface area contributed by atoms with Gasteiger partial charge < -0.3 is 15.5 Å². The summed E-state index contributed by atoms with van der Waals surface area (Å²) < 4.78 is 1.82. The fourth-order valence-corrected chi connectivity index (χ4v) is 3.00. The molecule has 0 aliphatic carbocycles. The molecule has 1 aromatic heterocycles. The van der Waals surface area contributed by atoms with Crippen molar-refractivity contribution in [1.82, 2.24) is 25.3 Å². The van der Waals surface area contributed by atoms with E-state index in [-0.39, 0.29) is 24.0 Å². The lowest BCUT2D eigenvalue weighted by molar-refractivity contribution is -0.130. The molecule has 1 aliphatic rings. The Morgan fingerprint density at radius 2 is 2.15 bits per heavy atom. The van der Waals surface area contributed by atoms with Crippen molar-refractivity contribution >= 4 is 35.8 Å². The third-order valence-electron chi connectivity index (χ3n) is 4.34. The number of carbonyl (C=O) groups is 1. The third-order valence-corrected chi connectivity index (χ3v) is 4.34. The highest BCUT2D eigenvalue weighted by Gasteiger charge is 2.15. The molecule has 0 aromatic carbocycles. The van der Waals surface area contributed by atoms with Crippen LogP contribution < -0.4 is 10.6 Å². The molecular formula is C18H33IN6O. The van der Waals surface area contributed by atoms with Crippen molar-refractivity contribution in [1.29, 1.82) is 0 Å². The monoisotopic (exact) mass is 476 g/mol. The highest BCUT2D eigenvalue weighted by Crippen LogP contribution is 2.11. The first-order valence-electron chi connectivity index (χ1n) is 9.46. The zero-order valence-electron chi connectivity index (χ0n) is 16.0. The number of aliphatic imine (C=N–C) groups is 1. The fraction of sp³-hybridized carbons (Fsp3) is 0.722. The van der Waals surface area contributed by atoms with E-state index in [1.807, 2.05) is 29.0 Å². The van der Waals surface area contributed by atoms with Crippen LogP contribution >= 0.6 is 24.0 Å². The number of hydrogen-bond acceptors (Lipinski definition) is 3. The molecule has 0 radical (unpaired) electrons. The second kappa shape index (κ2) is 12.9. The van der Waals surface area contributed by atoms with Gasteiger partial charge in [0, 0.05) is 52.4 Å². The molecule has 0 unspecified atom stereocenters. The summed E-state index contributed by atoms with van der Waals surface area (Å²) in [7, 11) is 1.93. The molecule has 1 fully saturated rings. The predicted molar refractivity (Wildman–Crippen MR) is 116 cm³/mol. The van der Waals surface area contributed by atoms with Crippen molar-refractivity contribution in [3.05, 3.63) is 18.0 Å². The second-order valence-corrected chi connectivity index (χ2v) is 6.50. The van der Waals surface area contributed by atoms with Gasteiger partial charge in [-0.15, -0.1) is 24.0 Å². The molecule has 8 heteroatoms. The van der Waals surface area contributed by atoms with Crippen LogP contribution in [-0.2, 0) is 18.3 Å². The quantitative estimate of drug-likeness (QED) is 0.260. The van der Waals surface area contributed by atoms with Gasteiger partial charge in [0.15, 0.2) is 5.96 Å². The number of aryl methyl sites for hydroxylation is 1. The Hall–Kier alpha value is -1.32. The van der Waals surface area contributed by atoms with E-state index in [4.69, 9.17) is 0 Å². The first kappa shape index (κ1) is 22.7. The SMILES string of the molecule is CCNC(=NCCCN1CCCCCC1=O)NCCc1cnn(C)c1.I. The Kier molecular flexibility index (Phi) is 11.3. The fourth-order valence-electron chi connectivity index (χ4n) is 3.00. The number of likely N-dealkylation sites (tertiary alicyclic amines) is 1. The van der Waals surface area contributed by atoms with Crippen LogP contribution in [0.3, 0.4) is 0 Å². The van der Waals surface area contributed by atoms with Crippen LogP contribution in [0.5, 0.6) is 0 Å². The number of nitrogens with zero attached hydrogens (tertiary/aromatic N) is 4. The van der Waals surface area contributed by atoms with Crippen molar-refractivity contribution in [2.75, 3.05) is 32.7 Å². The van der Waals surface area contributed by atoms with E-state index < -0.39 is 0 Å². The molecule has 0 atom stereocenters. The molecule has 2 N–H and O–H groups in total. The summed E-state index contributed by atoms with van der Waals surface area (Å²) in [5.41, 5.74) is 1.21. The number of nitrogens with one attached hydrogen (secondary N) is 2. The standard InChI is InChI=1S/C18H32N6O.HI/c1-3-19-18(21-11-9-16-14-22-23(2)15-16)20-10-7-13-24-12-6-4-5-8-17(24)25;/h14-15H,3-13H2,1-2H3,(H2,19,20,21);1H. The van der Waals surface area contributed by atoms with Gasteiger partial charge in [0.1, 0.15) is 0 Å². The molecule has 0 bridgehead atoms. The molecule has 0 spiro atoms. The zero-order valence-corrected chi connectivity index (χ0v) is 18.4. The van der Waals surface area contributed by atoms with Gasteiger partial charge in [-0.05, 0) is 38.2 Å². The largest absolute Gasteiger partial charge is 0.357 e. The van der Waals surface area contributed by atoms with Gasteiger partial charge in [0.25, 0.3) is 0 Å². The first-order chi connectivity index (χ1) is 12.2. The third kappa shape index (κ3) is 8.37. The maximum atomic E-state index is 12.0. The van der Waals surface area contributed by atoms with Gasteiger partial charge in [-0.1, -0.05) is 6.42 Å². The number of aromatic nitrogens is 2. The van der Waals surface area contributed by atoms with Gasteiger partial charge in [0.2, 0.25) is 5.91 Å². The van der Waals surface area contributed by atoms with Crippen molar-refractivity contribution in [3.63, 3.8) is 0 Å². The molecule has 1 aliphatic heterocycles. The minimum Gasteiger partial charge on any atom is -0.357 e. The van der Waals surface area contributed by atoms with Crippen LogP contribution in [0, 0.1) is 0 Å². The smallest absolute Gasteiger partial charge is 0.222 e. The van der Waals surface area contributed by atoms with Crippen molar-refractivity contribution in [2.24, 2.45) is 12.0 Å². The lowest BCUT2D eigenvalue weighted by atomic mass is 10.2. The number of rotatable bonds is 8. The topological polar surface area (TPSA) is 74.6 Å². The Morgan fingerprint density at radius 1 is 1.31 bits per heavy atom. The van der Waals surface area contributed by atoms with E-state index >= 15 is 0 Å². The van der Waals surface area contributed by atoms with Crippen LogP contribution in [0.1, 0.15) is 44.6 Å². The Bertz CT molecular complexity index is 560. The number of hydrogen-bond donors (Lipinski definition) is 2. The van der Waals surface area contributed by atoms with Gasteiger partial charge in [0.05, 0.1) is 6.20 Å². The van der Waals surface area contributed by atoms with Crippen molar-refractivity contribution in [2.45, 2.75) is 45.4 Å². The zero-order chi connectivity index (χ0) is 17.9. The summed E-state index contributed by atoms with van der Waals surface area (Å²) in [6.07, 6.45) is 9.80. The van der Waals surface area contributed by atoms with Crippen molar-refractivity contribution < 1.29 is 4.79 Å². The van der Waals surface area contributed by atoms with Crippen LogP contribution in [-0.4, -0.2) is 59.3 Å². The minimum atomic E-state index is 0. The summed E-state index contributed by atoms with van der Waals surface area (Å²) in [6, 6.07) is 0. The average Bonchev–Trinajstić information content (AvgIpc) is 2.90. The summed E-state index contributed by atoms with van der Waals surface area (Å²) >= 11 is 0. The van der Waals surface area contributed by atoms with Gasteiger partial charge in [-0.3, -0.25) is 14.5 Å². The van der Waals surface area contributed by atoms with E-state index in [0.717, 1.165) is 64.4 Å². The van der Waals surface area contributed by atoms with Crippen molar-refractivity contribution in [3.8, 4) is 0 Å². The lowest BCUT2D eigenvalue weighted by Gasteiger charge is -2.20. The van der Waals surface area contributed by atoms with E-state index in [0.29, 0.717) is 12.3 Å². The summed E-state index contributed by atoms with van der Waals surface area (Å²) in [6.45, 7) is 6.18. The highest BCUT2D eigenvalue weighted by molar-refractivity contribution is 14.0. The number of amides is 1. The average molecular weight is 476 g/mol. The van der Waals surface area contributed by atoms with Gasteiger partial charge in [-0.25, -0.2) is 0 Å². The van der Waals surface area contributed by atoms with Crippen LogP contribution in [0.15, 0.2) is 17.4 Å². The Balaban J connectivity index is 0.00000338. The summed E-state index contributed by atoms with van der Waals surface area (Å²) in [5.74, 6) is 1.15. The number of halogens is 1. The second-order valence-electron chi connectivity index (χ2n) is 6.50. The molecule has 1 amide bonds. The maximum absolute atomic E-state index is 12.0. The molecule has 2 rings (SSSR count). The normalized spacial score (nSPS) is 15.4. The molecule has 26 heavy (non-hydrogen) atoms. The number of guanidine groups is 1. The number of carbonyl (C=O) groups excluding carboxylic acids is 1. The molecule has 0 saturated carbocycles. The first-order valence-corrected chi connectivity index (χ1v) is 9.46. The van der Waals surface area contributed by atoms with E-state index in [9.17, 15) is 4.79 Å². The highest BCUT2D eigenvalue weighted by atomic mass is 127. The van der Waals surface area contributed by atoms with Gasteiger partial charge >= 0.3 is 0 Å². The lowest BCUT2D eigenvalue weighted by Crippen LogP contribution is -2.38. The Morgan fingerprint density at radius 3 is 2.88 bits per heavy atom. The van der Waals surface area contributed by atoms with Crippen LogP contribution in [0.4, 0.5) is 0 Å². The van der Waals surface area contributed by atoms with Gasteiger partial charge in [-0.2, -0.15) is 5.10 Å². The summed E-state index contributed by atoms with van der Waals surface area (Å²) in [4.78, 5) is 18.6. The van der Waals surface area contributed by atoms with E-state index in [2.05, 4.69) is 27.6 Å². The molecule has 2 heterocycles. The van der Waals surface area contributed by atoms with Crippen LogP contribution in [0.25, 0.3) is 0 Å². The minimum absolute atomic E-state index is 0. The molecular weight excluding hydrogens is 443 g/mol. The molecule has 1 saturated heterocycles. The molecule has 1 aromatic rings. The van der Waals surface area contributed by atoms with Crippen LogP contribution in [0.2, 0.25) is 0 Å². The molecule has 7 nitrogen and oxygen atoms in total. The predicted octanol–water partition coefficient (Wildman–Crippen LogP) is 1.93.